The number of rotatable bonds is 2. The van der Waals surface area contributed by atoms with E-state index in [0.717, 1.165) is 19.3 Å². The molecule has 8 nitrogen and oxygen atoms in total. The van der Waals surface area contributed by atoms with E-state index in [1.54, 1.807) is 20.8 Å². The molecule has 0 atom stereocenters. The zero-order chi connectivity index (χ0) is 18.6. The number of hydrazine groups is 1. The first-order valence-corrected chi connectivity index (χ1v) is 8.26. The number of hydrogen-bond donors (Lipinski definition) is 0. The van der Waals surface area contributed by atoms with E-state index in [1.165, 1.54) is 34.3 Å². The SMILES string of the molecule is CC(C)(C)OC(=O)N1CCCCCN1C(=O)c1ccc([N+](=O)[O-])cc1. The van der Waals surface area contributed by atoms with Crippen molar-refractivity contribution in [1.29, 1.82) is 0 Å². The van der Waals surface area contributed by atoms with Crippen LogP contribution in [0.2, 0.25) is 0 Å². The molecule has 2 rings (SSSR count). The highest BCUT2D eigenvalue weighted by Gasteiger charge is 2.31. The van der Waals surface area contributed by atoms with Gasteiger partial charge < -0.3 is 4.74 Å². The fraction of sp³-hybridized carbons (Fsp3) is 0.529. The molecule has 0 radical (unpaired) electrons. The molecular weight excluding hydrogens is 326 g/mol. The Balaban J connectivity index is 2.23. The van der Waals surface area contributed by atoms with Gasteiger partial charge in [0.1, 0.15) is 5.60 Å². The molecule has 0 saturated carbocycles. The van der Waals surface area contributed by atoms with E-state index in [9.17, 15) is 19.7 Å². The molecule has 1 aromatic carbocycles. The van der Waals surface area contributed by atoms with Gasteiger partial charge in [0.2, 0.25) is 0 Å². The van der Waals surface area contributed by atoms with E-state index in [1.807, 2.05) is 0 Å². The molecule has 2 amide bonds. The maximum atomic E-state index is 12.8. The molecule has 25 heavy (non-hydrogen) atoms. The Kier molecular flexibility index (Phi) is 5.61. The summed E-state index contributed by atoms with van der Waals surface area (Å²) in [5, 5.41) is 13.5. The molecule has 1 aliphatic heterocycles. The summed E-state index contributed by atoms with van der Waals surface area (Å²) in [4.78, 5) is 35.5. The molecule has 0 bridgehead atoms. The van der Waals surface area contributed by atoms with Crippen LogP contribution in [0.5, 0.6) is 0 Å². The number of nitrogens with zero attached hydrogens (tertiary/aromatic N) is 3. The molecule has 8 heteroatoms. The lowest BCUT2D eigenvalue weighted by molar-refractivity contribution is -0.384. The van der Waals surface area contributed by atoms with Gasteiger partial charge in [0.25, 0.3) is 11.6 Å². The summed E-state index contributed by atoms with van der Waals surface area (Å²) in [6.07, 6.45) is 1.90. The standard InChI is InChI=1S/C17H23N3O5/c1-17(2,3)25-16(22)19-12-6-4-5-11-18(19)15(21)13-7-9-14(10-8-13)20(23)24/h7-10H,4-6,11-12H2,1-3H3. The minimum Gasteiger partial charge on any atom is -0.442 e. The Labute approximate surface area is 146 Å². The Morgan fingerprint density at radius 3 is 2.12 bits per heavy atom. The zero-order valence-electron chi connectivity index (χ0n) is 14.7. The first-order chi connectivity index (χ1) is 11.7. The molecule has 1 heterocycles. The number of carbonyl (C=O) groups is 2. The smallest absolute Gasteiger partial charge is 0.429 e. The molecule has 1 aliphatic rings. The molecule has 1 fully saturated rings. The second-order valence-corrected chi connectivity index (χ2v) is 6.90. The van der Waals surface area contributed by atoms with Crippen LogP contribution in [0.25, 0.3) is 0 Å². The average Bonchev–Trinajstić information content (AvgIpc) is 2.78. The highest BCUT2D eigenvalue weighted by molar-refractivity contribution is 5.95. The lowest BCUT2D eigenvalue weighted by atomic mass is 10.2. The van der Waals surface area contributed by atoms with Crippen LogP contribution in [0, 0.1) is 10.1 Å². The molecule has 0 N–H and O–H groups in total. The second kappa shape index (κ2) is 7.50. The van der Waals surface area contributed by atoms with Crippen molar-refractivity contribution in [3.63, 3.8) is 0 Å². The summed E-state index contributed by atoms with van der Waals surface area (Å²) in [7, 11) is 0. The predicted molar refractivity (Wildman–Crippen MR) is 90.9 cm³/mol. The van der Waals surface area contributed by atoms with Crippen molar-refractivity contribution < 1.29 is 19.2 Å². The summed E-state index contributed by atoms with van der Waals surface area (Å²) >= 11 is 0. The number of non-ortho nitro benzene ring substituents is 1. The van der Waals surface area contributed by atoms with E-state index >= 15 is 0 Å². The maximum Gasteiger partial charge on any atom is 0.429 e. The zero-order valence-corrected chi connectivity index (χ0v) is 14.7. The normalized spacial score (nSPS) is 15.5. The van der Waals surface area contributed by atoms with Gasteiger partial charge in [0, 0.05) is 30.8 Å². The van der Waals surface area contributed by atoms with Crippen molar-refractivity contribution in [3.8, 4) is 0 Å². The van der Waals surface area contributed by atoms with Gasteiger partial charge in [0.05, 0.1) is 4.92 Å². The van der Waals surface area contributed by atoms with Gasteiger partial charge in [0.15, 0.2) is 0 Å². The van der Waals surface area contributed by atoms with E-state index in [-0.39, 0.29) is 11.6 Å². The lowest BCUT2D eigenvalue weighted by Gasteiger charge is -2.34. The number of hydrogen-bond acceptors (Lipinski definition) is 5. The van der Waals surface area contributed by atoms with Crippen LogP contribution in [-0.4, -0.2) is 45.6 Å². The Bertz CT molecular complexity index is 651. The Morgan fingerprint density at radius 1 is 1.04 bits per heavy atom. The number of amides is 2. The molecule has 136 valence electrons. The van der Waals surface area contributed by atoms with Crippen LogP contribution in [0.15, 0.2) is 24.3 Å². The number of nitro groups is 1. The van der Waals surface area contributed by atoms with Gasteiger partial charge in [-0.15, -0.1) is 0 Å². The molecule has 1 saturated heterocycles. The van der Waals surface area contributed by atoms with E-state index in [4.69, 9.17) is 4.74 Å². The predicted octanol–water partition coefficient (Wildman–Crippen LogP) is 3.37. The van der Waals surface area contributed by atoms with Crippen LogP contribution in [0.4, 0.5) is 10.5 Å². The Hall–Kier alpha value is -2.64. The summed E-state index contributed by atoms with van der Waals surface area (Å²) in [5.41, 5.74) is -0.455. The summed E-state index contributed by atoms with van der Waals surface area (Å²) in [6.45, 7) is 6.10. The van der Waals surface area contributed by atoms with E-state index in [2.05, 4.69) is 0 Å². The minimum absolute atomic E-state index is 0.0867. The van der Waals surface area contributed by atoms with Crippen LogP contribution in [0.1, 0.15) is 50.4 Å². The monoisotopic (exact) mass is 349 g/mol. The third kappa shape index (κ3) is 4.91. The van der Waals surface area contributed by atoms with Gasteiger partial charge in [-0.25, -0.2) is 14.8 Å². The molecular formula is C17H23N3O5. The van der Waals surface area contributed by atoms with Gasteiger partial charge in [-0.05, 0) is 52.2 Å². The topological polar surface area (TPSA) is 93.0 Å². The summed E-state index contributed by atoms with van der Waals surface area (Å²) in [5.74, 6) is -0.373. The van der Waals surface area contributed by atoms with Gasteiger partial charge in [-0.1, -0.05) is 0 Å². The van der Waals surface area contributed by atoms with Crippen molar-refractivity contribution in [1.82, 2.24) is 10.0 Å². The van der Waals surface area contributed by atoms with Crippen molar-refractivity contribution in [2.45, 2.75) is 45.6 Å². The van der Waals surface area contributed by atoms with Gasteiger partial charge >= 0.3 is 6.09 Å². The first kappa shape index (κ1) is 18.7. The van der Waals surface area contributed by atoms with E-state index in [0.29, 0.717) is 18.7 Å². The summed E-state index contributed by atoms with van der Waals surface area (Å²) < 4.78 is 5.40. The fourth-order valence-electron chi connectivity index (χ4n) is 2.53. The van der Waals surface area contributed by atoms with Crippen molar-refractivity contribution in [3.05, 3.63) is 39.9 Å². The highest BCUT2D eigenvalue weighted by Crippen LogP contribution is 2.20. The molecule has 0 unspecified atom stereocenters. The third-order valence-electron chi connectivity index (χ3n) is 3.70. The van der Waals surface area contributed by atoms with Crippen molar-refractivity contribution in [2.75, 3.05) is 13.1 Å². The second-order valence-electron chi connectivity index (χ2n) is 6.90. The van der Waals surface area contributed by atoms with Gasteiger partial charge in [-0.2, -0.15) is 0 Å². The average molecular weight is 349 g/mol. The molecule has 0 spiro atoms. The van der Waals surface area contributed by atoms with Gasteiger partial charge in [-0.3, -0.25) is 14.9 Å². The molecule has 0 aliphatic carbocycles. The lowest BCUT2D eigenvalue weighted by Crippen LogP contribution is -2.51. The number of carbonyl (C=O) groups excluding carboxylic acids is 2. The van der Waals surface area contributed by atoms with Crippen molar-refractivity contribution in [2.24, 2.45) is 0 Å². The Morgan fingerprint density at radius 2 is 1.60 bits per heavy atom. The van der Waals surface area contributed by atoms with Crippen LogP contribution in [0.3, 0.4) is 0 Å². The minimum atomic E-state index is -0.661. The third-order valence-corrected chi connectivity index (χ3v) is 3.70. The fourth-order valence-corrected chi connectivity index (χ4v) is 2.53. The number of benzene rings is 1. The summed E-state index contributed by atoms with van der Waals surface area (Å²) in [6, 6.07) is 5.36. The quantitative estimate of drug-likeness (QED) is 0.603. The first-order valence-electron chi connectivity index (χ1n) is 8.26. The van der Waals surface area contributed by atoms with Crippen LogP contribution in [-0.2, 0) is 4.74 Å². The molecule has 0 aromatic heterocycles. The van der Waals surface area contributed by atoms with Crippen molar-refractivity contribution >= 4 is 17.7 Å². The van der Waals surface area contributed by atoms with Crippen LogP contribution >= 0.6 is 0 Å². The number of ether oxygens (including phenoxy) is 1. The highest BCUT2D eigenvalue weighted by atomic mass is 16.6. The van der Waals surface area contributed by atoms with E-state index < -0.39 is 16.6 Å². The maximum absolute atomic E-state index is 12.8. The largest absolute Gasteiger partial charge is 0.442 e. The number of nitro benzene ring substituents is 1. The molecule has 1 aromatic rings. The van der Waals surface area contributed by atoms with Crippen LogP contribution < -0.4 is 0 Å².